The Hall–Kier alpha value is -2.02. The van der Waals surface area contributed by atoms with Crippen LogP contribution in [0.2, 0.25) is 0 Å². The van der Waals surface area contributed by atoms with Gasteiger partial charge in [0, 0.05) is 19.0 Å². The van der Waals surface area contributed by atoms with Crippen LogP contribution >= 0.6 is 11.8 Å². The van der Waals surface area contributed by atoms with E-state index in [1.807, 2.05) is 31.5 Å². The number of rotatable bonds is 5. The Morgan fingerprint density at radius 1 is 1.48 bits per heavy atom. The Balaban J connectivity index is 2.30. The van der Waals surface area contributed by atoms with E-state index in [-0.39, 0.29) is 18.3 Å². The molecule has 1 N–H and O–H groups in total. The molecule has 0 saturated carbocycles. The normalized spacial score (nSPS) is 10.9. The third kappa shape index (κ3) is 4.25. The number of aromatic nitrogens is 2. The van der Waals surface area contributed by atoms with E-state index in [1.54, 1.807) is 6.07 Å². The highest BCUT2D eigenvalue weighted by molar-refractivity contribution is 7.99. The van der Waals surface area contributed by atoms with Gasteiger partial charge in [-0.15, -0.1) is 0 Å². The maximum Gasteiger partial charge on any atom is 0.407 e. The maximum atomic E-state index is 13.4. The van der Waals surface area contributed by atoms with Gasteiger partial charge in [-0.05, 0) is 24.1 Å². The maximum absolute atomic E-state index is 13.4. The first-order chi connectivity index (χ1) is 10.9. The van der Waals surface area contributed by atoms with E-state index >= 15 is 0 Å². The highest BCUT2D eigenvalue weighted by atomic mass is 32.2. The Kier molecular flexibility index (Phi) is 5.65. The third-order valence-corrected chi connectivity index (χ3v) is 4.42. The van der Waals surface area contributed by atoms with Gasteiger partial charge in [-0.25, -0.2) is 14.2 Å². The molecule has 0 bridgehead atoms. The second kappa shape index (κ2) is 7.50. The lowest BCUT2D eigenvalue weighted by Crippen LogP contribution is -2.19. The fourth-order valence-electron chi connectivity index (χ4n) is 2.02. The van der Waals surface area contributed by atoms with Crippen molar-refractivity contribution in [1.29, 1.82) is 0 Å². The first-order valence-electron chi connectivity index (χ1n) is 7.25. The molecule has 124 valence electrons. The molecule has 23 heavy (non-hydrogen) atoms. The number of benzene rings is 1. The van der Waals surface area contributed by atoms with Crippen LogP contribution in [0.4, 0.5) is 9.18 Å². The number of carbonyl (C=O) groups excluding carboxylic acids is 1. The van der Waals surface area contributed by atoms with Crippen LogP contribution in [0.15, 0.2) is 34.2 Å². The van der Waals surface area contributed by atoms with E-state index < -0.39 is 6.09 Å². The van der Waals surface area contributed by atoms with Crippen LogP contribution < -0.4 is 5.32 Å². The molecule has 1 aromatic carbocycles. The summed E-state index contributed by atoms with van der Waals surface area (Å²) in [5.74, 6) is 0.577. The number of carbonyl (C=O) groups is 1. The SMILES string of the molecule is CNC(=O)OCc1nc(C(C)C)c(Sc2cccc(F)c2)n1C. The second-order valence-corrected chi connectivity index (χ2v) is 6.38. The first-order valence-corrected chi connectivity index (χ1v) is 8.07. The van der Waals surface area contributed by atoms with Gasteiger partial charge in [0.05, 0.1) is 5.69 Å². The van der Waals surface area contributed by atoms with E-state index in [0.717, 1.165) is 15.6 Å². The summed E-state index contributed by atoms with van der Waals surface area (Å²) >= 11 is 1.45. The number of amides is 1. The van der Waals surface area contributed by atoms with Gasteiger partial charge in [-0.1, -0.05) is 31.7 Å². The molecule has 0 aliphatic heterocycles. The van der Waals surface area contributed by atoms with E-state index in [1.165, 1.54) is 30.9 Å². The molecule has 5 nitrogen and oxygen atoms in total. The van der Waals surface area contributed by atoms with Crippen LogP contribution in [-0.2, 0) is 18.4 Å². The zero-order valence-electron chi connectivity index (χ0n) is 13.6. The Labute approximate surface area is 139 Å². The average molecular weight is 337 g/mol. The van der Waals surface area contributed by atoms with Crippen molar-refractivity contribution in [2.75, 3.05) is 7.05 Å². The summed E-state index contributed by atoms with van der Waals surface area (Å²) in [4.78, 5) is 16.6. The molecule has 0 unspecified atom stereocenters. The van der Waals surface area contributed by atoms with Crippen LogP contribution in [0, 0.1) is 5.82 Å². The predicted octanol–water partition coefficient (Wildman–Crippen LogP) is 3.69. The predicted molar refractivity (Wildman–Crippen MR) is 87.1 cm³/mol. The van der Waals surface area contributed by atoms with Gasteiger partial charge < -0.3 is 14.6 Å². The third-order valence-electron chi connectivity index (χ3n) is 3.25. The molecule has 1 aromatic heterocycles. The van der Waals surface area contributed by atoms with E-state index in [2.05, 4.69) is 10.3 Å². The van der Waals surface area contributed by atoms with Crippen molar-refractivity contribution < 1.29 is 13.9 Å². The largest absolute Gasteiger partial charge is 0.441 e. The average Bonchev–Trinajstić information content (AvgIpc) is 2.82. The number of ether oxygens (including phenoxy) is 1. The summed E-state index contributed by atoms with van der Waals surface area (Å²) in [6, 6.07) is 6.44. The number of alkyl carbamates (subject to hydrolysis) is 1. The van der Waals surface area contributed by atoms with Crippen molar-refractivity contribution in [3.8, 4) is 0 Å². The molecule has 0 spiro atoms. The Bertz CT molecular complexity index is 701. The van der Waals surface area contributed by atoms with Gasteiger partial charge in [-0.2, -0.15) is 0 Å². The highest BCUT2D eigenvalue weighted by Crippen LogP contribution is 2.34. The molecule has 1 heterocycles. The van der Waals surface area contributed by atoms with Crippen molar-refractivity contribution in [3.63, 3.8) is 0 Å². The van der Waals surface area contributed by atoms with E-state index in [0.29, 0.717) is 5.82 Å². The van der Waals surface area contributed by atoms with Crippen molar-refractivity contribution in [3.05, 3.63) is 41.6 Å². The molecule has 2 aromatic rings. The van der Waals surface area contributed by atoms with Crippen molar-refractivity contribution in [1.82, 2.24) is 14.9 Å². The minimum atomic E-state index is -0.501. The minimum Gasteiger partial charge on any atom is -0.441 e. The fraction of sp³-hybridized carbons (Fsp3) is 0.375. The van der Waals surface area contributed by atoms with Gasteiger partial charge in [0.1, 0.15) is 16.7 Å². The zero-order valence-corrected chi connectivity index (χ0v) is 14.4. The molecule has 0 radical (unpaired) electrons. The summed E-state index contributed by atoms with van der Waals surface area (Å²) in [5, 5.41) is 3.32. The molecule has 0 fully saturated rings. The molecule has 0 saturated heterocycles. The number of hydrogen-bond acceptors (Lipinski definition) is 4. The number of hydrogen-bond donors (Lipinski definition) is 1. The fourth-order valence-corrected chi connectivity index (χ4v) is 3.19. The molecular formula is C16H20FN3O2S. The van der Waals surface area contributed by atoms with E-state index in [9.17, 15) is 9.18 Å². The van der Waals surface area contributed by atoms with Gasteiger partial charge >= 0.3 is 6.09 Å². The van der Waals surface area contributed by atoms with Gasteiger partial charge in [-0.3, -0.25) is 0 Å². The van der Waals surface area contributed by atoms with Gasteiger partial charge in [0.2, 0.25) is 0 Å². The Morgan fingerprint density at radius 2 is 2.22 bits per heavy atom. The molecule has 1 amide bonds. The van der Waals surface area contributed by atoms with E-state index in [4.69, 9.17) is 4.74 Å². The molecule has 7 heteroatoms. The monoisotopic (exact) mass is 337 g/mol. The summed E-state index contributed by atoms with van der Waals surface area (Å²) in [5.41, 5.74) is 0.900. The summed E-state index contributed by atoms with van der Waals surface area (Å²) in [6.07, 6.45) is -0.501. The van der Waals surface area contributed by atoms with Crippen LogP contribution in [0.5, 0.6) is 0 Å². The standard InChI is InChI=1S/C16H20FN3O2S/c1-10(2)14-15(23-12-7-5-6-11(17)8-12)20(4)13(19-14)9-22-16(21)18-3/h5-8,10H,9H2,1-4H3,(H,18,21). The second-order valence-electron chi connectivity index (χ2n) is 5.32. The zero-order chi connectivity index (χ0) is 17.0. The Morgan fingerprint density at radius 3 is 2.83 bits per heavy atom. The number of halogens is 1. The quantitative estimate of drug-likeness (QED) is 0.904. The van der Waals surface area contributed by atoms with Gasteiger partial charge in [0.25, 0.3) is 0 Å². The molecule has 0 aliphatic rings. The van der Waals surface area contributed by atoms with Crippen LogP contribution in [0.1, 0.15) is 31.3 Å². The number of nitrogens with zero attached hydrogens (tertiary/aromatic N) is 2. The summed E-state index contributed by atoms with van der Waals surface area (Å²) in [7, 11) is 3.37. The lowest BCUT2D eigenvalue weighted by molar-refractivity contribution is 0.138. The number of nitrogens with one attached hydrogen (secondary N) is 1. The van der Waals surface area contributed by atoms with Crippen molar-refractivity contribution in [2.45, 2.75) is 36.3 Å². The number of imidazole rings is 1. The lowest BCUT2D eigenvalue weighted by atomic mass is 10.2. The molecule has 0 atom stereocenters. The first kappa shape index (κ1) is 17.3. The van der Waals surface area contributed by atoms with Crippen LogP contribution in [0.25, 0.3) is 0 Å². The minimum absolute atomic E-state index is 0.0829. The molecular weight excluding hydrogens is 317 g/mol. The summed E-state index contributed by atoms with van der Waals surface area (Å²) < 4.78 is 20.3. The van der Waals surface area contributed by atoms with Crippen LogP contribution in [-0.4, -0.2) is 22.7 Å². The molecule has 2 rings (SSSR count). The topological polar surface area (TPSA) is 56.1 Å². The van der Waals surface area contributed by atoms with Gasteiger partial charge in [0.15, 0.2) is 6.61 Å². The van der Waals surface area contributed by atoms with Crippen LogP contribution in [0.3, 0.4) is 0 Å². The summed E-state index contributed by atoms with van der Waals surface area (Å²) in [6.45, 7) is 4.17. The smallest absolute Gasteiger partial charge is 0.407 e. The highest BCUT2D eigenvalue weighted by Gasteiger charge is 2.19. The molecule has 0 aliphatic carbocycles. The van der Waals surface area contributed by atoms with Crippen molar-refractivity contribution >= 4 is 17.9 Å². The lowest BCUT2D eigenvalue weighted by Gasteiger charge is -2.09. The van der Waals surface area contributed by atoms with Crippen molar-refractivity contribution in [2.24, 2.45) is 7.05 Å².